The predicted molar refractivity (Wildman–Crippen MR) is 83.1 cm³/mol. The summed E-state index contributed by atoms with van der Waals surface area (Å²) in [6.45, 7) is 0.425. The number of halogens is 1. The number of imide groups is 1. The molecule has 0 fully saturated rings. The highest BCUT2D eigenvalue weighted by molar-refractivity contribution is 9.10. The molecule has 0 saturated heterocycles. The molecule has 21 heavy (non-hydrogen) atoms. The van der Waals surface area contributed by atoms with E-state index in [-0.39, 0.29) is 18.7 Å². The van der Waals surface area contributed by atoms with Crippen molar-refractivity contribution in [3.8, 4) is 0 Å². The Hall–Kier alpha value is -1.41. The molecule has 6 nitrogen and oxygen atoms in total. The van der Waals surface area contributed by atoms with Crippen LogP contribution in [0.15, 0.2) is 15.9 Å². The van der Waals surface area contributed by atoms with Gasteiger partial charge in [-0.2, -0.15) is 0 Å². The van der Waals surface area contributed by atoms with E-state index in [0.717, 1.165) is 9.35 Å². The van der Waals surface area contributed by atoms with Gasteiger partial charge in [0.15, 0.2) is 0 Å². The van der Waals surface area contributed by atoms with Crippen LogP contribution in [0.2, 0.25) is 0 Å². The molecule has 0 unspecified atom stereocenters. The zero-order chi connectivity index (χ0) is 15.8. The number of amides is 3. The third-order valence-corrected chi connectivity index (χ3v) is 4.33. The minimum absolute atomic E-state index is 0.0361. The highest BCUT2D eigenvalue weighted by Crippen LogP contribution is 2.20. The molecule has 2 N–H and O–H groups in total. The van der Waals surface area contributed by atoms with Gasteiger partial charge >= 0.3 is 12.0 Å². The standard InChI is InChI=1S/C13H17BrN2O4S/c1-16(7-10-6-9(14)8-21-10)13(20)15-11(17)4-2-3-5-12(18)19/h6,8H,2-5,7H2,1H3,(H,18,19)(H,15,17,20). The first-order valence-corrected chi connectivity index (χ1v) is 8.05. The number of carboxylic acid groups (broad SMARTS) is 1. The molecule has 0 radical (unpaired) electrons. The topological polar surface area (TPSA) is 86.7 Å². The Morgan fingerprint density at radius 2 is 2.00 bits per heavy atom. The Labute approximate surface area is 135 Å². The van der Waals surface area contributed by atoms with Crippen molar-refractivity contribution in [1.82, 2.24) is 10.2 Å². The first kappa shape index (κ1) is 17.6. The van der Waals surface area contributed by atoms with Crippen LogP contribution < -0.4 is 5.32 Å². The molecule has 0 spiro atoms. The van der Waals surface area contributed by atoms with E-state index in [1.807, 2.05) is 11.4 Å². The monoisotopic (exact) mass is 376 g/mol. The second-order valence-corrected chi connectivity index (χ2v) is 6.45. The summed E-state index contributed by atoms with van der Waals surface area (Å²) in [5.41, 5.74) is 0. The molecule has 1 rings (SSSR count). The number of aliphatic carboxylic acids is 1. The van der Waals surface area contributed by atoms with Gasteiger partial charge in [0.25, 0.3) is 0 Å². The Morgan fingerprint density at radius 3 is 2.57 bits per heavy atom. The molecule has 0 bridgehead atoms. The van der Waals surface area contributed by atoms with Crippen molar-refractivity contribution in [3.63, 3.8) is 0 Å². The van der Waals surface area contributed by atoms with Gasteiger partial charge in [0.05, 0.1) is 6.54 Å². The molecule has 0 aliphatic carbocycles. The SMILES string of the molecule is CN(Cc1cc(Br)cs1)C(=O)NC(=O)CCCCC(=O)O. The van der Waals surface area contributed by atoms with Gasteiger partial charge in [-0.1, -0.05) is 0 Å². The van der Waals surface area contributed by atoms with Crippen LogP contribution in [0.4, 0.5) is 4.79 Å². The minimum Gasteiger partial charge on any atom is -0.481 e. The summed E-state index contributed by atoms with van der Waals surface area (Å²) in [5.74, 6) is -1.27. The number of carboxylic acids is 1. The fourth-order valence-corrected chi connectivity index (χ4v) is 3.08. The number of thiophene rings is 1. The van der Waals surface area contributed by atoms with Crippen molar-refractivity contribution in [2.75, 3.05) is 7.05 Å². The summed E-state index contributed by atoms with van der Waals surface area (Å²) in [6, 6.07) is 1.46. The van der Waals surface area contributed by atoms with E-state index in [1.54, 1.807) is 7.05 Å². The Kier molecular flexibility index (Phi) is 7.38. The molecule has 0 aromatic carbocycles. The molecule has 1 heterocycles. The zero-order valence-corrected chi connectivity index (χ0v) is 14.0. The Balaban J connectivity index is 2.28. The number of hydrogen-bond donors (Lipinski definition) is 2. The molecule has 0 atom stereocenters. The van der Waals surface area contributed by atoms with E-state index in [2.05, 4.69) is 21.2 Å². The number of hydrogen-bond acceptors (Lipinski definition) is 4. The maximum atomic E-state index is 11.8. The lowest BCUT2D eigenvalue weighted by molar-refractivity contribution is -0.137. The molecule has 0 aliphatic rings. The van der Waals surface area contributed by atoms with Crippen molar-refractivity contribution < 1.29 is 19.5 Å². The molecular weight excluding hydrogens is 360 g/mol. The van der Waals surface area contributed by atoms with Gasteiger partial charge in [0, 0.05) is 34.6 Å². The molecule has 8 heteroatoms. The third kappa shape index (κ3) is 7.24. The number of unbranched alkanes of at least 4 members (excludes halogenated alkanes) is 1. The van der Waals surface area contributed by atoms with Crippen LogP contribution in [0.1, 0.15) is 30.6 Å². The highest BCUT2D eigenvalue weighted by atomic mass is 79.9. The van der Waals surface area contributed by atoms with Crippen molar-refractivity contribution >= 4 is 45.2 Å². The van der Waals surface area contributed by atoms with E-state index >= 15 is 0 Å². The molecular formula is C13H17BrN2O4S. The summed E-state index contributed by atoms with van der Waals surface area (Å²) in [6.07, 6.45) is 1.06. The van der Waals surface area contributed by atoms with Crippen LogP contribution >= 0.6 is 27.3 Å². The summed E-state index contributed by atoms with van der Waals surface area (Å²) in [5, 5.41) is 12.7. The Bertz CT molecular complexity index is 518. The van der Waals surface area contributed by atoms with Gasteiger partial charge in [0.2, 0.25) is 5.91 Å². The number of rotatable bonds is 7. The fourth-order valence-electron chi connectivity index (χ4n) is 1.58. The predicted octanol–water partition coefficient (Wildman–Crippen LogP) is 2.82. The minimum atomic E-state index is -0.881. The Morgan fingerprint density at radius 1 is 1.33 bits per heavy atom. The lowest BCUT2D eigenvalue weighted by atomic mass is 10.2. The van der Waals surface area contributed by atoms with E-state index in [4.69, 9.17) is 5.11 Å². The smallest absolute Gasteiger partial charge is 0.324 e. The lowest BCUT2D eigenvalue weighted by Gasteiger charge is -2.16. The van der Waals surface area contributed by atoms with Gasteiger partial charge in [0.1, 0.15) is 0 Å². The maximum Gasteiger partial charge on any atom is 0.324 e. The third-order valence-electron chi connectivity index (χ3n) is 2.65. The van der Waals surface area contributed by atoms with Crippen LogP contribution in [-0.2, 0) is 16.1 Å². The van der Waals surface area contributed by atoms with Crippen LogP contribution in [0.5, 0.6) is 0 Å². The van der Waals surface area contributed by atoms with Crippen LogP contribution in [0, 0.1) is 0 Å². The fraction of sp³-hybridized carbons (Fsp3) is 0.462. The van der Waals surface area contributed by atoms with E-state index in [0.29, 0.717) is 19.4 Å². The second kappa shape index (κ2) is 8.78. The molecule has 1 aromatic rings. The van der Waals surface area contributed by atoms with Gasteiger partial charge in [-0.15, -0.1) is 11.3 Å². The summed E-state index contributed by atoms with van der Waals surface area (Å²) in [7, 11) is 1.61. The average molecular weight is 377 g/mol. The molecule has 0 aliphatic heterocycles. The first-order chi connectivity index (χ1) is 9.88. The number of urea groups is 1. The molecule has 1 aromatic heterocycles. The zero-order valence-electron chi connectivity index (χ0n) is 11.6. The quantitative estimate of drug-likeness (QED) is 0.716. The number of nitrogens with zero attached hydrogens (tertiary/aromatic N) is 1. The van der Waals surface area contributed by atoms with Crippen LogP contribution in [0.25, 0.3) is 0 Å². The number of carbonyl (C=O) groups excluding carboxylic acids is 2. The lowest BCUT2D eigenvalue weighted by Crippen LogP contribution is -2.40. The van der Waals surface area contributed by atoms with Crippen molar-refractivity contribution in [3.05, 3.63) is 20.8 Å². The number of carbonyl (C=O) groups is 3. The van der Waals surface area contributed by atoms with Gasteiger partial charge < -0.3 is 10.0 Å². The first-order valence-electron chi connectivity index (χ1n) is 6.38. The highest BCUT2D eigenvalue weighted by Gasteiger charge is 2.13. The van der Waals surface area contributed by atoms with E-state index in [1.165, 1.54) is 16.2 Å². The van der Waals surface area contributed by atoms with Gasteiger partial charge in [-0.3, -0.25) is 14.9 Å². The number of nitrogens with one attached hydrogen (secondary N) is 1. The summed E-state index contributed by atoms with van der Waals surface area (Å²) < 4.78 is 0.964. The largest absolute Gasteiger partial charge is 0.481 e. The van der Waals surface area contributed by atoms with Crippen molar-refractivity contribution in [2.24, 2.45) is 0 Å². The molecule has 116 valence electrons. The second-order valence-electron chi connectivity index (χ2n) is 4.54. The van der Waals surface area contributed by atoms with Crippen molar-refractivity contribution in [2.45, 2.75) is 32.2 Å². The molecule has 0 saturated carbocycles. The maximum absolute atomic E-state index is 11.8. The van der Waals surface area contributed by atoms with Crippen LogP contribution in [0.3, 0.4) is 0 Å². The van der Waals surface area contributed by atoms with Gasteiger partial charge in [-0.25, -0.2) is 4.79 Å². The normalized spacial score (nSPS) is 10.2. The van der Waals surface area contributed by atoms with Crippen molar-refractivity contribution in [1.29, 1.82) is 0 Å². The van der Waals surface area contributed by atoms with E-state index < -0.39 is 12.0 Å². The summed E-state index contributed by atoms with van der Waals surface area (Å²) >= 11 is 4.86. The van der Waals surface area contributed by atoms with Gasteiger partial charge in [-0.05, 0) is 34.8 Å². The molecule has 3 amide bonds. The summed E-state index contributed by atoms with van der Waals surface area (Å²) in [4.78, 5) is 36.1. The van der Waals surface area contributed by atoms with Crippen LogP contribution in [-0.4, -0.2) is 35.0 Å². The van der Waals surface area contributed by atoms with E-state index in [9.17, 15) is 14.4 Å². The average Bonchev–Trinajstić information content (AvgIpc) is 2.79.